The molecule has 0 aliphatic heterocycles. The van der Waals surface area contributed by atoms with Crippen LogP contribution < -0.4 is 10.6 Å². The maximum atomic E-state index is 13.5. The Morgan fingerprint density at radius 3 is 2.82 bits per heavy atom. The van der Waals surface area contributed by atoms with Crippen LogP contribution in [-0.4, -0.2) is 40.4 Å². The minimum atomic E-state index is -0.203. The molecule has 2 N–H and O–H groups in total. The van der Waals surface area contributed by atoms with Gasteiger partial charge in [0.05, 0.1) is 0 Å². The van der Waals surface area contributed by atoms with E-state index in [4.69, 9.17) is 0 Å². The van der Waals surface area contributed by atoms with Crippen LogP contribution in [0.15, 0.2) is 47.6 Å². The summed E-state index contributed by atoms with van der Waals surface area (Å²) < 4.78 is 15.4. The first-order chi connectivity index (χ1) is 13.2. The highest BCUT2D eigenvalue weighted by Crippen LogP contribution is 2.16. The van der Waals surface area contributed by atoms with Gasteiger partial charge in [0.15, 0.2) is 11.6 Å². The van der Waals surface area contributed by atoms with Crippen LogP contribution in [0.25, 0.3) is 5.65 Å². The van der Waals surface area contributed by atoms with Gasteiger partial charge in [0.1, 0.15) is 11.6 Å². The lowest BCUT2D eigenvalue weighted by Crippen LogP contribution is -2.38. The summed E-state index contributed by atoms with van der Waals surface area (Å²) >= 11 is 1.68. The molecule has 0 spiro atoms. The van der Waals surface area contributed by atoms with Crippen LogP contribution in [0.4, 0.5) is 4.39 Å². The maximum Gasteiger partial charge on any atom is 0.191 e. The number of guanidine groups is 1. The lowest BCUT2D eigenvalue weighted by atomic mass is 10.1. The molecule has 150 valence electrons. The second-order valence-corrected chi connectivity index (χ2v) is 6.86. The Morgan fingerprint density at radius 1 is 1.18 bits per heavy atom. The smallest absolute Gasteiger partial charge is 0.191 e. The number of halogens is 2. The van der Waals surface area contributed by atoms with Gasteiger partial charge in [-0.2, -0.15) is 11.8 Å². The fourth-order valence-corrected chi connectivity index (χ4v) is 3.39. The first-order valence-electron chi connectivity index (χ1n) is 8.70. The van der Waals surface area contributed by atoms with Gasteiger partial charge < -0.3 is 10.6 Å². The minimum absolute atomic E-state index is 0. The van der Waals surface area contributed by atoms with Crippen molar-refractivity contribution in [3.8, 4) is 0 Å². The molecule has 0 fully saturated rings. The van der Waals surface area contributed by atoms with E-state index in [0.717, 1.165) is 34.8 Å². The molecule has 0 saturated carbocycles. The van der Waals surface area contributed by atoms with Crippen molar-refractivity contribution >= 4 is 47.3 Å². The Labute approximate surface area is 185 Å². The third-order valence-electron chi connectivity index (χ3n) is 4.16. The summed E-state index contributed by atoms with van der Waals surface area (Å²) in [7, 11) is 1.73. The van der Waals surface area contributed by atoms with Crippen molar-refractivity contribution in [3.05, 3.63) is 65.4 Å². The zero-order valence-corrected chi connectivity index (χ0v) is 19.0. The van der Waals surface area contributed by atoms with Gasteiger partial charge in [-0.05, 0) is 41.6 Å². The fourth-order valence-electron chi connectivity index (χ4n) is 2.81. The summed E-state index contributed by atoms with van der Waals surface area (Å²) in [5, 5.41) is 14.9. The minimum Gasteiger partial charge on any atom is -0.356 e. The molecule has 0 bridgehead atoms. The molecule has 9 heteroatoms. The summed E-state index contributed by atoms with van der Waals surface area (Å²) in [6, 6.07) is 10.7. The summed E-state index contributed by atoms with van der Waals surface area (Å²) in [6.07, 6.45) is 4.69. The average molecular weight is 514 g/mol. The Bertz CT molecular complexity index is 930. The number of nitrogens with zero attached hydrogens (tertiary/aromatic N) is 4. The third-order valence-corrected chi connectivity index (χ3v) is 4.76. The molecule has 0 aliphatic rings. The van der Waals surface area contributed by atoms with E-state index in [1.807, 2.05) is 41.1 Å². The van der Waals surface area contributed by atoms with Gasteiger partial charge in [0, 0.05) is 38.5 Å². The van der Waals surface area contributed by atoms with E-state index in [1.165, 1.54) is 6.07 Å². The van der Waals surface area contributed by atoms with Crippen molar-refractivity contribution in [2.75, 3.05) is 19.8 Å². The lowest BCUT2D eigenvalue weighted by Gasteiger charge is -2.14. The molecule has 6 nitrogen and oxygen atoms in total. The van der Waals surface area contributed by atoms with Gasteiger partial charge in [-0.15, -0.1) is 34.2 Å². The van der Waals surface area contributed by atoms with Crippen LogP contribution in [-0.2, 0) is 18.7 Å². The lowest BCUT2D eigenvalue weighted by molar-refractivity contribution is 0.625. The number of hydrogen-bond donors (Lipinski definition) is 2. The fraction of sp³-hybridized carbons (Fsp3) is 0.316. The summed E-state index contributed by atoms with van der Waals surface area (Å²) in [5.74, 6) is 2.17. The molecule has 0 saturated heterocycles. The molecule has 2 heterocycles. The summed E-state index contributed by atoms with van der Waals surface area (Å²) in [6.45, 7) is 1.26. The first kappa shape index (κ1) is 22.4. The predicted octanol–water partition coefficient (Wildman–Crippen LogP) is 3.26. The number of rotatable bonds is 7. The van der Waals surface area contributed by atoms with E-state index in [0.29, 0.717) is 19.0 Å². The second kappa shape index (κ2) is 11.2. The highest BCUT2D eigenvalue weighted by molar-refractivity contribution is 14.0. The van der Waals surface area contributed by atoms with E-state index in [2.05, 4.69) is 25.8 Å². The van der Waals surface area contributed by atoms with Crippen LogP contribution in [0.2, 0.25) is 0 Å². The van der Waals surface area contributed by atoms with E-state index in [-0.39, 0.29) is 29.8 Å². The largest absolute Gasteiger partial charge is 0.356 e. The van der Waals surface area contributed by atoms with Crippen LogP contribution in [0.5, 0.6) is 0 Å². The van der Waals surface area contributed by atoms with Crippen molar-refractivity contribution in [2.45, 2.75) is 18.7 Å². The zero-order chi connectivity index (χ0) is 19.1. The number of aliphatic imine (C=N–C) groups is 1. The number of aromatic nitrogens is 3. The van der Waals surface area contributed by atoms with Gasteiger partial charge in [0.25, 0.3) is 0 Å². The normalized spacial score (nSPS) is 11.3. The quantitative estimate of drug-likeness (QED) is 0.288. The molecule has 0 radical (unpaired) electrons. The monoisotopic (exact) mass is 514 g/mol. The molecule has 3 aromatic rings. The average Bonchev–Trinajstić information content (AvgIpc) is 3.09. The maximum absolute atomic E-state index is 13.5. The number of benzene rings is 1. The Morgan fingerprint density at radius 2 is 2.04 bits per heavy atom. The molecule has 2 aromatic heterocycles. The van der Waals surface area contributed by atoms with E-state index >= 15 is 0 Å². The zero-order valence-electron chi connectivity index (χ0n) is 15.9. The molecular formula is C19H24FIN6S. The van der Waals surface area contributed by atoms with Crippen molar-refractivity contribution in [3.63, 3.8) is 0 Å². The van der Waals surface area contributed by atoms with Gasteiger partial charge in [-0.25, -0.2) is 4.39 Å². The van der Waals surface area contributed by atoms with Crippen LogP contribution in [0.3, 0.4) is 0 Å². The van der Waals surface area contributed by atoms with Crippen LogP contribution in [0, 0.1) is 5.82 Å². The molecule has 0 unspecified atom stereocenters. The Balaban J connectivity index is 0.00000280. The second-order valence-electron chi connectivity index (χ2n) is 5.99. The Hall–Kier alpha value is -1.88. The third kappa shape index (κ3) is 5.81. The Kier molecular flexibility index (Phi) is 8.97. The van der Waals surface area contributed by atoms with Crippen molar-refractivity contribution < 1.29 is 4.39 Å². The van der Waals surface area contributed by atoms with Crippen LogP contribution in [0.1, 0.15) is 17.0 Å². The first-order valence-corrected chi connectivity index (χ1v) is 10.1. The summed E-state index contributed by atoms with van der Waals surface area (Å²) in [4.78, 5) is 4.25. The number of nitrogens with one attached hydrogen (secondary N) is 2. The predicted molar refractivity (Wildman–Crippen MR) is 124 cm³/mol. The van der Waals surface area contributed by atoms with Gasteiger partial charge >= 0.3 is 0 Å². The molecule has 28 heavy (non-hydrogen) atoms. The van der Waals surface area contributed by atoms with Gasteiger partial charge in [-0.1, -0.05) is 12.1 Å². The summed E-state index contributed by atoms with van der Waals surface area (Å²) in [5.41, 5.74) is 2.91. The molecule has 0 amide bonds. The molecule has 0 aliphatic carbocycles. The highest BCUT2D eigenvalue weighted by atomic mass is 127. The number of pyridine rings is 1. The number of thioether (sulfide) groups is 1. The van der Waals surface area contributed by atoms with Gasteiger partial charge in [0.2, 0.25) is 0 Å². The molecule has 3 rings (SSSR count). The molecule has 1 aromatic carbocycles. The number of hydrogen-bond acceptors (Lipinski definition) is 4. The highest BCUT2D eigenvalue weighted by Gasteiger charge is 2.07. The SMILES string of the molecule is CN=C(NCCc1nnc2ccccn12)NCc1ccc(F)cc1CSC.I. The van der Waals surface area contributed by atoms with Crippen molar-refractivity contribution in [2.24, 2.45) is 4.99 Å². The van der Waals surface area contributed by atoms with Crippen molar-refractivity contribution in [1.82, 2.24) is 25.2 Å². The standard InChI is InChI=1S/C19H23FN6S.HI/c1-21-19(23-12-14-6-7-16(20)11-15(14)13-27-2)22-9-8-18-25-24-17-5-3-4-10-26(17)18;/h3-7,10-11H,8-9,12-13H2,1-2H3,(H2,21,22,23);1H. The van der Waals surface area contributed by atoms with E-state index < -0.39 is 0 Å². The van der Waals surface area contributed by atoms with Crippen LogP contribution >= 0.6 is 35.7 Å². The van der Waals surface area contributed by atoms with E-state index in [9.17, 15) is 4.39 Å². The van der Waals surface area contributed by atoms with Crippen molar-refractivity contribution in [1.29, 1.82) is 0 Å². The topological polar surface area (TPSA) is 66.6 Å². The van der Waals surface area contributed by atoms with E-state index in [1.54, 1.807) is 24.9 Å². The molecule has 0 atom stereocenters. The molecular weight excluding hydrogens is 490 g/mol. The number of fused-ring (bicyclic) bond motifs is 1. The van der Waals surface area contributed by atoms with Gasteiger partial charge in [-0.3, -0.25) is 9.39 Å².